The van der Waals surface area contributed by atoms with E-state index in [1.54, 1.807) is 17.5 Å². The van der Waals surface area contributed by atoms with Gasteiger partial charge in [0.25, 0.3) is 5.91 Å². The van der Waals surface area contributed by atoms with E-state index in [9.17, 15) is 18.4 Å². The fourth-order valence-corrected chi connectivity index (χ4v) is 5.36. The Kier molecular flexibility index (Phi) is 7.70. The summed E-state index contributed by atoms with van der Waals surface area (Å²) in [4.78, 5) is 31.8. The third kappa shape index (κ3) is 5.98. The number of aromatic nitrogens is 1. The number of hydrogen-bond acceptors (Lipinski definition) is 5. The summed E-state index contributed by atoms with van der Waals surface area (Å²) in [5.74, 6) is -0.849. The summed E-state index contributed by atoms with van der Waals surface area (Å²) in [5, 5.41) is 4.84. The van der Waals surface area contributed by atoms with Crippen LogP contribution in [0.15, 0.2) is 72.1 Å². The highest BCUT2D eigenvalue weighted by Gasteiger charge is 2.33. The SMILES string of the molecule is CC(C)C(=O)N1CCc2ccc(OCc3nc(C(=O)Nc4cccc(F)c4)cs3)cc2[C@H]1c1cccc(F)c1. The van der Waals surface area contributed by atoms with E-state index in [-0.39, 0.29) is 29.9 Å². The second kappa shape index (κ2) is 11.3. The van der Waals surface area contributed by atoms with Gasteiger partial charge in [-0.2, -0.15) is 0 Å². The molecule has 1 aliphatic heterocycles. The van der Waals surface area contributed by atoms with Crippen molar-refractivity contribution in [2.45, 2.75) is 32.9 Å². The van der Waals surface area contributed by atoms with E-state index in [2.05, 4.69) is 10.3 Å². The molecule has 0 bridgehead atoms. The second-order valence-electron chi connectivity index (χ2n) is 9.63. The Bertz CT molecular complexity index is 1520. The van der Waals surface area contributed by atoms with Crippen LogP contribution in [0.2, 0.25) is 0 Å². The molecule has 2 amide bonds. The minimum atomic E-state index is -0.443. The van der Waals surface area contributed by atoms with Crippen LogP contribution in [0.4, 0.5) is 14.5 Å². The summed E-state index contributed by atoms with van der Waals surface area (Å²) >= 11 is 1.28. The van der Waals surface area contributed by atoms with Gasteiger partial charge in [0.2, 0.25) is 5.91 Å². The number of amides is 2. The van der Waals surface area contributed by atoms with E-state index in [0.717, 1.165) is 11.1 Å². The van der Waals surface area contributed by atoms with Gasteiger partial charge in [0.15, 0.2) is 0 Å². The number of benzene rings is 3. The first kappa shape index (κ1) is 26.5. The lowest BCUT2D eigenvalue weighted by Crippen LogP contribution is -2.42. The van der Waals surface area contributed by atoms with Gasteiger partial charge < -0.3 is 15.0 Å². The van der Waals surface area contributed by atoms with Crippen molar-refractivity contribution in [3.8, 4) is 5.75 Å². The van der Waals surface area contributed by atoms with Crippen molar-refractivity contribution < 1.29 is 23.1 Å². The van der Waals surface area contributed by atoms with Crippen LogP contribution in [0.1, 0.15) is 52.1 Å². The smallest absolute Gasteiger partial charge is 0.275 e. The Balaban J connectivity index is 1.34. The fourth-order valence-electron chi connectivity index (χ4n) is 4.68. The van der Waals surface area contributed by atoms with Crippen LogP contribution >= 0.6 is 11.3 Å². The third-order valence-electron chi connectivity index (χ3n) is 6.52. The monoisotopic (exact) mass is 547 g/mol. The van der Waals surface area contributed by atoms with Gasteiger partial charge in [0.1, 0.15) is 34.7 Å². The number of fused-ring (bicyclic) bond motifs is 1. The molecule has 0 aliphatic carbocycles. The average molecular weight is 548 g/mol. The highest BCUT2D eigenvalue weighted by Crippen LogP contribution is 2.38. The van der Waals surface area contributed by atoms with Crippen LogP contribution in [0, 0.1) is 17.6 Å². The summed E-state index contributed by atoms with van der Waals surface area (Å²) in [5.41, 5.74) is 3.23. The van der Waals surface area contributed by atoms with Crippen LogP contribution in [0.3, 0.4) is 0 Å². The quantitative estimate of drug-likeness (QED) is 0.291. The number of halogens is 2. The van der Waals surface area contributed by atoms with Gasteiger partial charge in [-0.1, -0.05) is 38.1 Å². The maximum Gasteiger partial charge on any atom is 0.275 e. The molecule has 5 rings (SSSR count). The number of thiazole rings is 1. The maximum atomic E-state index is 14.2. The molecule has 200 valence electrons. The molecule has 0 radical (unpaired) electrons. The first-order valence-corrected chi connectivity index (χ1v) is 13.5. The van der Waals surface area contributed by atoms with Crippen molar-refractivity contribution in [2.75, 3.05) is 11.9 Å². The van der Waals surface area contributed by atoms with Crippen LogP contribution in [0.5, 0.6) is 5.75 Å². The van der Waals surface area contributed by atoms with Crippen molar-refractivity contribution in [3.63, 3.8) is 0 Å². The molecule has 1 atom stereocenters. The van der Waals surface area contributed by atoms with Crippen molar-refractivity contribution in [1.82, 2.24) is 9.88 Å². The lowest BCUT2D eigenvalue weighted by Gasteiger charge is -2.39. The number of nitrogens with zero attached hydrogens (tertiary/aromatic N) is 2. The van der Waals surface area contributed by atoms with Gasteiger partial charge in [-0.3, -0.25) is 9.59 Å². The Hall–Kier alpha value is -4.11. The first-order valence-electron chi connectivity index (χ1n) is 12.6. The third-order valence-corrected chi connectivity index (χ3v) is 7.34. The number of anilines is 1. The molecule has 6 nitrogen and oxygen atoms in total. The minimum Gasteiger partial charge on any atom is -0.486 e. The molecule has 1 aromatic heterocycles. The lowest BCUT2D eigenvalue weighted by atomic mass is 9.87. The van der Waals surface area contributed by atoms with Crippen molar-refractivity contribution in [3.05, 3.63) is 111 Å². The van der Waals surface area contributed by atoms with Crippen molar-refractivity contribution >= 4 is 28.8 Å². The lowest BCUT2D eigenvalue weighted by molar-refractivity contribution is -0.136. The van der Waals surface area contributed by atoms with Crippen molar-refractivity contribution in [1.29, 1.82) is 0 Å². The number of carbonyl (C=O) groups excluding carboxylic acids is 2. The Labute approximate surface area is 229 Å². The number of ether oxygens (including phenoxy) is 1. The zero-order valence-corrected chi connectivity index (χ0v) is 22.3. The van der Waals surface area contributed by atoms with Crippen LogP contribution in [0.25, 0.3) is 0 Å². The molecular formula is C30H27F2N3O3S. The Morgan fingerprint density at radius 3 is 2.59 bits per heavy atom. The summed E-state index contributed by atoms with van der Waals surface area (Å²) < 4.78 is 33.6. The highest BCUT2D eigenvalue weighted by molar-refractivity contribution is 7.09. The first-order chi connectivity index (χ1) is 18.8. The molecule has 0 unspecified atom stereocenters. The molecule has 0 saturated heterocycles. The van der Waals surface area contributed by atoms with Gasteiger partial charge in [0, 0.05) is 23.5 Å². The molecule has 9 heteroatoms. The number of carbonyl (C=O) groups is 2. The zero-order chi connectivity index (χ0) is 27.5. The fraction of sp³-hybridized carbons (Fsp3) is 0.233. The predicted molar refractivity (Wildman–Crippen MR) is 146 cm³/mol. The van der Waals surface area contributed by atoms with Gasteiger partial charge in [-0.15, -0.1) is 11.3 Å². The second-order valence-corrected chi connectivity index (χ2v) is 10.6. The number of hydrogen-bond donors (Lipinski definition) is 1. The van der Waals surface area contributed by atoms with E-state index < -0.39 is 17.8 Å². The Morgan fingerprint density at radius 2 is 1.85 bits per heavy atom. The van der Waals surface area contributed by atoms with Gasteiger partial charge in [-0.25, -0.2) is 13.8 Å². The molecule has 4 aromatic rings. The molecule has 3 aromatic carbocycles. The molecule has 39 heavy (non-hydrogen) atoms. The van der Waals surface area contributed by atoms with E-state index in [1.165, 1.54) is 41.7 Å². The number of rotatable bonds is 7. The minimum absolute atomic E-state index is 0.00747. The molecule has 0 saturated carbocycles. The topological polar surface area (TPSA) is 71.5 Å². The highest BCUT2D eigenvalue weighted by atomic mass is 32.1. The van der Waals surface area contributed by atoms with E-state index in [4.69, 9.17) is 4.74 Å². The standard InChI is InChI=1S/C30H27F2N3O3S/c1-18(2)30(37)35-12-11-19-9-10-24(15-25(19)28(35)20-5-3-6-21(31)13-20)38-16-27-34-26(17-39-27)29(36)33-23-8-4-7-22(32)14-23/h3-10,13-15,17-18,28H,11-12,16H2,1-2H3,(H,33,36)/t28-/m1/s1. The normalized spacial score (nSPS) is 14.7. The molecule has 0 fully saturated rings. The molecular weight excluding hydrogens is 520 g/mol. The van der Waals surface area contributed by atoms with Crippen molar-refractivity contribution in [2.24, 2.45) is 5.92 Å². The van der Waals surface area contributed by atoms with E-state index in [1.807, 2.05) is 43.0 Å². The number of nitrogens with one attached hydrogen (secondary N) is 1. The Morgan fingerprint density at radius 1 is 1.08 bits per heavy atom. The molecule has 1 aliphatic rings. The summed E-state index contributed by atoms with van der Waals surface area (Å²) in [6.07, 6.45) is 0.691. The zero-order valence-electron chi connectivity index (χ0n) is 21.5. The van der Waals surface area contributed by atoms with Crippen LogP contribution in [-0.4, -0.2) is 28.2 Å². The van der Waals surface area contributed by atoms with Crippen LogP contribution in [-0.2, 0) is 17.8 Å². The van der Waals surface area contributed by atoms with E-state index in [0.29, 0.717) is 35.0 Å². The summed E-state index contributed by atoms with van der Waals surface area (Å²) in [7, 11) is 0. The van der Waals surface area contributed by atoms with Gasteiger partial charge in [-0.05, 0) is 65.6 Å². The molecule has 1 N–H and O–H groups in total. The van der Waals surface area contributed by atoms with E-state index >= 15 is 0 Å². The predicted octanol–water partition coefficient (Wildman–Crippen LogP) is 6.38. The molecule has 2 heterocycles. The average Bonchev–Trinajstić information content (AvgIpc) is 3.40. The van der Waals surface area contributed by atoms with Gasteiger partial charge in [0.05, 0.1) is 6.04 Å². The van der Waals surface area contributed by atoms with Crippen LogP contribution < -0.4 is 10.1 Å². The largest absolute Gasteiger partial charge is 0.486 e. The maximum absolute atomic E-state index is 14.2. The summed E-state index contributed by atoms with van der Waals surface area (Å²) in [6.45, 7) is 4.41. The van der Waals surface area contributed by atoms with Gasteiger partial charge >= 0.3 is 0 Å². The summed E-state index contributed by atoms with van der Waals surface area (Å²) in [6, 6.07) is 17.3. The molecule has 0 spiro atoms.